The molecule has 2 aromatic carbocycles. The van der Waals surface area contributed by atoms with Gasteiger partial charge in [-0.15, -0.1) is 0 Å². The monoisotopic (exact) mass is 396 g/mol. The first-order valence-electron chi connectivity index (χ1n) is 9.75. The van der Waals surface area contributed by atoms with E-state index in [0.29, 0.717) is 12.3 Å². The summed E-state index contributed by atoms with van der Waals surface area (Å²) in [5.41, 5.74) is 1.84. The number of aryl methyl sites for hydroxylation is 1. The second-order valence-electron chi connectivity index (χ2n) is 7.24. The van der Waals surface area contributed by atoms with Crippen molar-refractivity contribution in [1.82, 2.24) is 4.57 Å². The number of pyridine rings is 1. The molecule has 29 heavy (non-hydrogen) atoms. The molecule has 0 fully saturated rings. The highest BCUT2D eigenvalue weighted by Gasteiger charge is 2.13. The Morgan fingerprint density at radius 3 is 2.62 bits per heavy atom. The molecule has 0 atom stereocenters. The SMILES string of the molecule is CCCn1c(=O)cc(C(C)C)c2ccc(OCC(=O)Nc3ccccc3F)cc21. The van der Waals surface area contributed by atoms with E-state index >= 15 is 0 Å². The van der Waals surface area contributed by atoms with Gasteiger partial charge in [0.05, 0.1) is 11.2 Å². The highest BCUT2D eigenvalue weighted by atomic mass is 19.1. The largest absolute Gasteiger partial charge is 0.484 e. The predicted molar refractivity (Wildman–Crippen MR) is 113 cm³/mol. The third-order valence-corrected chi connectivity index (χ3v) is 4.70. The molecule has 0 radical (unpaired) electrons. The Labute approximate surface area is 169 Å². The van der Waals surface area contributed by atoms with Gasteiger partial charge in [0.25, 0.3) is 11.5 Å². The van der Waals surface area contributed by atoms with E-state index in [2.05, 4.69) is 19.2 Å². The Kier molecular flexibility index (Phi) is 6.32. The van der Waals surface area contributed by atoms with E-state index in [-0.39, 0.29) is 23.8 Å². The van der Waals surface area contributed by atoms with Crippen LogP contribution in [-0.4, -0.2) is 17.1 Å². The number of amides is 1. The van der Waals surface area contributed by atoms with Crippen LogP contribution in [0.5, 0.6) is 5.75 Å². The molecule has 0 aliphatic heterocycles. The minimum atomic E-state index is -0.503. The Morgan fingerprint density at radius 1 is 1.17 bits per heavy atom. The van der Waals surface area contributed by atoms with Gasteiger partial charge in [0.2, 0.25) is 0 Å². The summed E-state index contributed by atoms with van der Waals surface area (Å²) in [6.45, 7) is 6.46. The van der Waals surface area contributed by atoms with Gasteiger partial charge in [-0.2, -0.15) is 0 Å². The molecule has 3 aromatic rings. The predicted octanol–water partition coefficient (Wildman–Crippen LogP) is 4.69. The van der Waals surface area contributed by atoms with Crippen LogP contribution in [-0.2, 0) is 11.3 Å². The average Bonchev–Trinajstić information content (AvgIpc) is 2.70. The maximum atomic E-state index is 13.7. The molecule has 0 aliphatic carbocycles. The number of nitrogens with one attached hydrogen (secondary N) is 1. The van der Waals surface area contributed by atoms with E-state index in [1.807, 2.05) is 13.0 Å². The van der Waals surface area contributed by atoms with Crippen LogP contribution in [0, 0.1) is 5.82 Å². The van der Waals surface area contributed by atoms with Crippen molar-refractivity contribution in [2.24, 2.45) is 0 Å². The number of hydrogen-bond acceptors (Lipinski definition) is 3. The smallest absolute Gasteiger partial charge is 0.262 e. The first-order valence-corrected chi connectivity index (χ1v) is 9.75. The van der Waals surface area contributed by atoms with Crippen LogP contribution in [0.25, 0.3) is 10.9 Å². The molecule has 0 unspecified atom stereocenters. The number of fused-ring (bicyclic) bond motifs is 1. The summed E-state index contributed by atoms with van der Waals surface area (Å²) in [5.74, 6) is -0.278. The summed E-state index contributed by atoms with van der Waals surface area (Å²) < 4.78 is 21.0. The fourth-order valence-electron chi connectivity index (χ4n) is 3.31. The van der Waals surface area contributed by atoms with Crippen LogP contribution in [0.3, 0.4) is 0 Å². The molecule has 1 heterocycles. The molecule has 1 N–H and O–H groups in total. The fourth-order valence-corrected chi connectivity index (χ4v) is 3.31. The van der Waals surface area contributed by atoms with E-state index in [1.54, 1.807) is 34.9 Å². The van der Waals surface area contributed by atoms with Crippen molar-refractivity contribution in [2.75, 3.05) is 11.9 Å². The molecule has 0 saturated carbocycles. The van der Waals surface area contributed by atoms with Gasteiger partial charge in [-0.25, -0.2) is 4.39 Å². The molecule has 152 valence electrons. The minimum absolute atomic E-state index is 0.0440. The van der Waals surface area contributed by atoms with Crippen molar-refractivity contribution in [3.63, 3.8) is 0 Å². The fraction of sp³-hybridized carbons (Fsp3) is 0.304. The molecule has 0 aliphatic rings. The van der Waals surface area contributed by atoms with Crippen molar-refractivity contribution in [2.45, 2.75) is 39.7 Å². The molecular formula is C23H25FN2O3. The van der Waals surface area contributed by atoms with E-state index in [9.17, 15) is 14.0 Å². The molecule has 5 nitrogen and oxygen atoms in total. The van der Waals surface area contributed by atoms with Gasteiger partial charge < -0.3 is 14.6 Å². The van der Waals surface area contributed by atoms with E-state index in [1.165, 1.54) is 12.1 Å². The highest BCUT2D eigenvalue weighted by molar-refractivity contribution is 5.92. The standard InChI is InChI=1S/C23H25FN2O3/c1-4-11-26-21-12-16(9-10-17(21)18(15(2)3)13-23(26)28)29-14-22(27)25-20-8-6-5-7-19(20)24/h5-10,12-13,15H,4,11,14H2,1-3H3,(H,25,27). The third-order valence-electron chi connectivity index (χ3n) is 4.70. The number of halogens is 1. The number of carbonyl (C=O) groups excluding carboxylic acids is 1. The molecule has 3 rings (SSSR count). The number of para-hydroxylation sites is 1. The van der Waals surface area contributed by atoms with E-state index < -0.39 is 11.7 Å². The lowest BCUT2D eigenvalue weighted by atomic mass is 9.98. The molecule has 0 saturated heterocycles. The zero-order valence-electron chi connectivity index (χ0n) is 16.9. The topological polar surface area (TPSA) is 60.3 Å². The number of aromatic nitrogens is 1. The Bertz CT molecular complexity index is 1090. The zero-order valence-corrected chi connectivity index (χ0v) is 16.9. The summed E-state index contributed by atoms with van der Waals surface area (Å²) in [4.78, 5) is 24.7. The van der Waals surface area contributed by atoms with Gasteiger partial charge in [-0.1, -0.05) is 32.9 Å². The van der Waals surface area contributed by atoms with Gasteiger partial charge in [0, 0.05) is 24.1 Å². The van der Waals surface area contributed by atoms with Gasteiger partial charge in [0.15, 0.2) is 6.61 Å². The molecule has 0 bridgehead atoms. The van der Waals surface area contributed by atoms with Gasteiger partial charge in [0.1, 0.15) is 11.6 Å². The molecular weight excluding hydrogens is 371 g/mol. The van der Waals surface area contributed by atoms with Crippen LogP contribution < -0.4 is 15.6 Å². The van der Waals surface area contributed by atoms with E-state index in [0.717, 1.165) is 22.9 Å². The number of rotatable bonds is 7. The van der Waals surface area contributed by atoms with Crippen molar-refractivity contribution >= 4 is 22.5 Å². The normalized spacial score (nSPS) is 11.1. The van der Waals surface area contributed by atoms with Gasteiger partial charge in [-0.3, -0.25) is 9.59 Å². The van der Waals surface area contributed by atoms with Crippen LogP contribution >= 0.6 is 0 Å². The van der Waals surface area contributed by atoms with Crippen LogP contribution in [0.2, 0.25) is 0 Å². The summed E-state index contributed by atoms with van der Waals surface area (Å²) >= 11 is 0. The Morgan fingerprint density at radius 2 is 1.93 bits per heavy atom. The van der Waals surface area contributed by atoms with Crippen molar-refractivity contribution < 1.29 is 13.9 Å². The number of hydrogen-bond donors (Lipinski definition) is 1. The zero-order chi connectivity index (χ0) is 21.0. The van der Waals surface area contributed by atoms with Crippen molar-refractivity contribution in [1.29, 1.82) is 0 Å². The summed E-state index contributed by atoms with van der Waals surface area (Å²) in [6.07, 6.45) is 0.826. The maximum Gasteiger partial charge on any atom is 0.262 e. The Hall–Kier alpha value is -3.15. The second-order valence-corrected chi connectivity index (χ2v) is 7.24. The van der Waals surface area contributed by atoms with Crippen LogP contribution in [0.1, 0.15) is 38.7 Å². The van der Waals surface area contributed by atoms with Crippen LogP contribution in [0.15, 0.2) is 53.3 Å². The second kappa shape index (κ2) is 8.90. The molecule has 1 aromatic heterocycles. The third kappa shape index (κ3) is 4.65. The number of benzene rings is 2. The lowest BCUT2D eigenvalue weighted by Crippen LogP contribution is -2.22. The van der Waals surface area contributed by atoms with Gasteiger partial charge in [-0.05, 0) is 42.2 Å². The average molecular weight is 396 g/mol. The summed E-state index contributed by atoms with van der Waals surface area (Å²) in [7, 11) is 0. The Balaban J connectivity index is 1.85. The van der Waals surface area contributed by atoms with Crippen molar-refractivity contribution in [3.8, 4) is 5.75 Å². The van der Waals surface area contributed by atoms with E-state index in [4.69, 9.17) is 4.74 Å². The molecule has 6 heteroatoms. The highest BCUT2D eigenvalue weighted by Crippen LogP contribution is 2.27. The van der Waals surface area contributed by atoms with Crippen molar-refractivity contribution in [3.05, 3.63) is 70.3 Å². The molecule has 1 amide bonds. The lowest BCUT2D eigenvalue weighted by molar-refractivity contribution is -0.118. The quantitative estimate of drug-likeness (QED) is 0.630. The number of ether oxygens (including phenoxy) is 1. The first-order chi connectivity index (χ1) is 13.9. The van der Waals surface area contributed by atoms with Gasteiger partial charge >= 0.3 is 0 Å². The summed E-state index contributed by atoms with van der Waals surface area (Å²) in [6, 6.07) is 13.1. The minimum Gasteiger partial charge on any atom is -0.484 e. The number of nitrogens with zero attached hydrogens (tertiary/aromatic N) is 1. The lowest BCUT2D eigenvalue weighted by Gasteiger charge is -2.16. The first kappa shape index (κ1) is 20.6. The van der Waals surface area contributed by atoms with Crippen LogP contribution in [0.4, 0.5) is 10.1 Å². The number of carbonyl (C=O) groups is 1. The maximum absolute atomic E-state index is 13.7. The summed E-state index contributed by atoms with van der Waals surface area (Å²) in [5, 5.41) is 3.48. The number of anilines is 1. The molecule has 0 spiro atoms.